The van der Waals surface area contributed by atoms with Gasteiger partial charge in [-0.1, -0.05) is 6.92 Å². The van der Waals surface area contributed by atoms with E-state index in [0.29, 0.717) is 6.54 Å². The van der Waals surface area contributed by atoms with Crippen LogP contribution in [0.3, 0.4) is 0 Å². The van der Waals surface area contributed by atoms with E-state index in [2.05, 4.69) is 17.6 Å². The molecule has 0 spiro atoms. The van der Waals surface area contributed by atoms with Crippen LogP contribution in [0.25, 0.3) is 0 Å². The molecule has 2 N–H and O–H groups in total. The lowest BCUT2D eigenvalue weighted by molar-refractivity contribution is 0.172. The number of amides is 2. The van der Waals surface area contributed by atoms with Crippen LogP contribution in [-0.4, -0.2) is 18.1 Å². The molecule has 0 atom stereocenters. The molecule has 1 aliphatic carbocycles. The summed E-state index contributed by atoms with van der Waals surface area (Å²) in [5, 5.41) is 5.78. The van der Waals surface area contributed by atoms with Crippen LogP contribution in [-0.2, 0) is 0 Å². The average Bonchev–Trinajstić information content (AvgIpc) is 1.97. The standard InChI is InChI=1S/C9H18N2O/c1-3-9(6-5-7-9)11-8(12)10-4-2/h3-7H2,1-2H3,(H2,10,11,12). The summed E-state index contributed by atoms with van der Waals surface area (Å²) in [6.45, 7) is 4.76. The minimum Gasteiger partial charge on any atom is -0.338 e. The monoisotopic (exact) mass is 170 g/mol. The Balaban J connectivity index is 2.32. The quantitative estimate of drug-likeness (QED) is 0.664. The first-order valence-electron chi connectivity index (χ1n) is 4.78. The van der Waals surface area contributed by atoms with Gasteiger partial charge in [0.25, 0.3) is 0 Å². The first-order valence-corrected chi connectivity index (χ1v) is 4.78. The van der Waals surface area contributed by atoms with Crippen LogP contribution in [0.2, 0.25) is 0 Å². The fraction of sp³-hybridized carbons (Fsp3) is 0.889. The third kappa shape index (κ3) is 1.90. The molecule has 2 amide bonds. The SMILES string of the molecule is CCNC(=O)NC1(CC)CCC1. The van der Waals surface area contributed by atoms with Crippen molar-refractivity contribution < 1.29 is 4.79 Å². The van der Waals surface area contributed by atoms with Crippen LogP contribution in [0, 0.1) is 0 Å². The van der Waals surface area contributed by atoms with Gasteiger partial charge in [0, 0.05) is 12.1 Å². The maximum atomic E-state index is 11.2. The lowest BCUT2D eigenvalue weighted by atomic mass is 9.75. The molecule has 0 heterocycles. The van der Waals surface area contributed by atoms with Crippen LogP contribution < -0.4 is 10.6 Å². The predicted molar refractivity (Wildman–Crippen MR) is 49.1 cm³/mol. The number of carbonyl (C=O) groups excluding carboxylic acids is 1. The molecule has 1 rings (SSSR count). The highest BCUT2D eigenvalue weighted by Crippen LogP contribution is 2.34. The van der Waals surface area contributed by atoms with Crippen molar-refractivity contribution in [2.24, 2.45) is 0 Å². The van der Waals surface area contributed by atoms with Gasteiger partial charge in [0.2, 0.25) is 0 Å². The van der Waals surface area contributed by atoms with E-state index < -0.39 is 0 Å². The Morgan fingerprint density at radius 2 is 2.08 bits per heavy atom. The molecule has 3 nitrogen and oxygen atoms in total. The van der Waals surface area contributed by atoms with Crippen LogP contribution in [0.4, 0.5) is 4.79 Å². The maximum Gasteiger partial charge on any atom is 0.315 e. The molecule has 0 aromatic carbocycles. The number of nitrogens with one attached hydrogen (secondary N) is 2. The van der Waals surface area contributed by atoms with E-state index in [1.165, 1.54) is 6.42 Å². The topological polar surface area (TPSA) is 41.1 Å². The summed E-state index contributed by atoms with van der Waals surface area (Å²) >= 11 is 0. The second kappa shape index (κ2) is 3.78. The molecule has 0 unspecified atom stereocenters. The Kier molecular flexibility index (Phi) is 2.95. The number of hydrogen-bond donors (Lipinski definition) is 2. The molecule has 3 heteroatoms. The number of urea groups is 1. The van der Waals surface area contributed by atoms with Crippen molar-refractivity contribution in [3.63, 3.8) is 0 Å². The summed E-state index contributed by atoms with van der Waals surface area (Å²) in [6, 6.07) is -0.0148. The smallest absolute Gasteiger partial charge is 0.315 e. The minimum absolute atomic E-state index is 0.0148. The molecule has 0 saturated heterocycles. The highest BCUT2D eigenvalue weighted by atomic mass is 16.2. The zero-order chi connectivity index (χ0) is 9.03. The second-order valence-electron chi connectivity index (χ2n) is 3.47. The lowest BCUT2D eigenvalue weighted by Gasteiger charge is -2.41. The van der Waals surface area contributed by atoms with Gasteiger partial charge in [0.15, 0.2) is 0 Å². The zero-order valence-electron chi connectivity index (χ0n) is 7.94. The van der Waals surface area contributed by atoms with E-state index in [4.69, 9.17) is 0 Å². The Morgan fingerprint density at radius 3 is 2.42 bits per heavy atom. The van der Waals surface area contributed by atoms with E-state index in [9.17, 15) is 4.79 Å². The average molecular weight is 170 g/mol. The molecule has 1 fully saturated rings. The van der Waals surface area contributed by atoms with Crippen molar-refractivity contribution in [1.82, 2.24) is 10.6 Å². The van der Waals surface area contributed by atoms with Gasteiger partial charge in [-0.05, 0) is 32.6 Å². The predicted octanol–water partition coefficient (Wildman–Crippen LogP) is 1.64. The van der Waals surface area contributed by atoms with Crippen molar-refractivity contribution in [3.05, 3.63) is 0 Å². The normalized spacial score (nSPS) is 19.5. The molecular formula is C9H18N2O. The van der Waals surface area contributed by atoms with E-state index in [1.54, 1.807) is 0 Å². The van der Waals surface area contributed by atoms with Gasteiger partial charge in [-0.25, -0.2) is 4.79 Å². The summed E-state index contributed by atoms with van der Waals surface area (Å²) in [5.41, 5.74) is 0.124. The fourth-order valence-electron chi connectivity index (χ4n) is 1.62. The van der Waals surface area contributed by atoms with Crippen molar-refractivity contribution >= 4 is 6.03 Å². The fourth-order valence-corrected chi connectivity index (χ4v) is 1.62. The van der Waals surface area contributed by atoms with Crippen molar-refractivity contribution in [3.8, 4) is 0 Å². The van der Waals surface area contributed by atoms with Crippen molar-refractivity contribution in [2.75, 3.05) is 6.54 Å². The molecule has 12 heavy (non-hydrogen) atoms. The van der Waals surface area contributed by atoms with Crippen molar-refractivity contribution in [2.45, 2.75) is 45.1 Å². The van der Waals surface area contributed by atoms with Gasteiger partial charge in [0.1, 0.15) is 0 Å². The van der Waals surface area contributed by atoms with E-state index in [0.717, 1.165) is 19.3 Å². The highest BCUT2D eigenvalue weighted by molar-refractivity contribution is 5.74. The van der Waals surface area contributed by atoms with E-state index in [-0.39, 0.29) is 11.6 Å². The van der Waals surface area contributed by atoms with Gasteiger partial charge in [-0.3, -0.25) is 0 Å². The molecule has 0 aromatic heterocycles. The zero-order valence-corrected chi connectivity index (χ0v) is 7.94. The summed E-state index contributed by atoms with van der Waals surface area (Å²) in [7, 11) is 0. The molecule has 1 saturated carbocycles. The van der Waals surface area contributed by atoms with E-state index in [1.807, 2.05) is 6.92 Å². The molecule has 1 aliphatic rings. The minimum atomic E-state index is -0.0148. The van der Waals surface area contributed by atoms with Crippen LogP contribution in [0.15, 0.2) is 0 Å². The molecule has 0 radical (unpaired) electrons. The lowest BCUT2D eigenvalue weighted by Crippen LogP contribution is -2.55. The van der Waals surface area contributed by atoms with Gasteiger partial charge in [0.05, 0.1) is 0 Å². The van der Waals surface area contributed by atoms with Crippen LogP contribution in [0.5, 0.6) is 0 Å². The summed E-state index contributed by atoms with van der Waals surface area (Å²) in [4.78, 5) is 11.2. The van der Waals surface area contributed by atoms with E-state index >= 15 is 0 Å². The Hall–Kier alpha value is -0.730. The maximum absolute atomic E-state index is 11.2. The third-order valence-electron chi connectivity index (χ3n) is 2.70. The summed E-state index contributed by atoms with van der Waals surface area (Å²) in [5.74, 6) is 0. The number of carbonyl (C=O) groups is 1. The number of hydrogen-bond acceptors (Lipinski definition) is 1. The molecular weight excluding hydrogens is 152 g/mol. The Labute approximate surface area is 73.9 Å². The van der Waals surface area contributed by atoms with Crippen LogP contribution in [0.1, 0.15) is 39.5 Å². The van der Waals surface area contributed by atoms with Gasteiger partial charge >= 0.3 is 6.03 Å². The van der Waals surface area contributed by atoms with Gasteiger partial charge in [-0.15, -0.1) is 0 Å². The Morgan fingerprint density at radius 1 is 1.42 bits per heavy atom. The second-order valence-corrected chi connectivity index (χ2v) is 3.47. The summed E-state index contributed by atoms with van der Waals surface area (Å²) < 4.78 is 0. The highest BCUT2D eigenvalue weighted by Gasteiger charge is 2.36. The molecule has 0 aromatic rings. The number of rotatable bonds is 3. The summed E-state index contributed by atoms with van der Waals surface area (Å²) in [6.07, 6.45) is 4.58. The van der Waals surface area contributed by atoms with Crippen LogP contribution >= 0.6 is 0 Å². The van der Waals surface area contributed by atoms with Gasteiger partial charge in [-0.2, -0.15) is 0 Å². The molecule has 0 aliphatic heterocycles. The molecule has 0 bridgehead atoms. The molecule has 70 valence electrons. The van der Waals surface area contributed by atoms with Crippen molar-refractivity contribution in [1.29, 1.82) is 0 Å². The first-order chi connectivity index (χ1) is 5.72. The third-order valence-corrected chi connectivity index (χ3v) is 2.70. The first kappa shape index (κ1) is 9.36. The Bertz CT molecular complexity index is 158. The van der Waals surface area contributed by atoms with Gasteiger partial charge < -0.3 is 10.6 Å². The largest absolute Gasteiger partial charge is 0.338 e.